The van der Waals surface area contributed by atoms with Crippen LogP contribution in [0, 0.1) is 0 Å². The Kier molecular flexibility index (Phi) is 6.69. The number of rotatable bonds is 5. The Bertz CT molecular complexity index is 501. The Balaban J connectivity index is 2.74. The van der Waals surface area contributed by atoms with Crippen molar-refractivity contribution in [2.24, 2.45) is 0 Å². The average Bonchev–Trinajstić information content (AvgIpc) is 2.39. The first kappa shape index (κ1) is 16.3. The van der Waals surface area contributed by atoms with Crippen LogP contribution in [-0.2, 0) is 9.53 Å². The Morgan fingerprint density at radius 1 is 1.37 bits per heavy atom. The van der Waals surface area contributed by atoms with Crippen molar-refractivity contribution in [2.45, 2.75) is 13.3 Å². The zero-order valence-electron chi connectivity index (χ0n) is 10.5. The van der Waals surface area contributed by atoms with E-state index in [1.165, 1.54) is 7.11 Å². The second kappa shape index (κ2) is 7.78. The molecule has 0 radical (unpaired) electrons. The summed E-state index contributed by atoms with van der Waals surface area (Å²) in [4.78, 5) is 11.4. The van der Waals surface area contributed by atoms with Crippen molar-refractivity contribution in [1.82, 2.24) is 0 Å². The molecule has 0 amide bonds. The average molecular weight is 368 g/mol. The lowest BCUT2D eigenvalue weighted by Crippen LogP contribution is -2.06. The maximum atomic E-state index is 11.4. The fourth-order valence-corrected chi connectivity index (χ4v) is 2.20. The van der Waals surface area contributed by atoms with E-state index in [4.69, 9.17) is 27.9 Å². The zero-order chi connectivity index (χ0) is 14.4. The number of esters is 1. The van der Waals surface area contributed by atoms with Crippen molar-refractivity contribution in [3.8, 4) is 5.75 Å². The Morgan fingerprint density at radius 2 is 2.05 bits per heavy atom. The highest BCUT2D eigenvalue weighted by Gasteiger charge is 2.08. The number of carbonyl (C=O) groups is 1. The lowest BCUT2D eigenvalue weighted by Gasteiger charge is -2.08. The lowest BCUT2D eigenvalue weighted by atomic mass is 10.2. The van der Waals surface area contributed by atoms with Gasteiger partial charge in [-0.2, -0.15) is 0 Å². The third kappa shape index (κ3) is 4.71. The van der Waals surface area contributed by atoms with Crippen LogP contribution in [0.1, 0.15) is 13.3 Å². The molecule has 0 fully saturated rings. The highest BCUT2D eigenvalue weighted by molar-refractivity contribution is 9.10. The number of ether oxygens (including phenoxy) is 2. The molecule has 3 nitrogen and oxygen atoms in total. The first-order chi connectivity index (χ1) is 8.99. The summed E-state index contributed by atoms with van der Waals surface area (Å²) < 4.78 is 10.8. The molecule has 6 heteroatoms. The molecule has 104 valence electrons. The van der Waals surface area contributed by atoms with E-state index in [9.17, 15) is 4.79 Å². The van der Waals surface area contributed by atoms with E-state index in [-0.39, 0.29) is 12.6 Å². The number of halogens is 3. The molecule has 0 aromatic heterocycles. The predicted molar refractivity (Wildman–Crippen MR) is 80.0 cm³/mol. The highest BCUT2D eigenvalue weighted by Crippen LogP contribution is 2.34. The third-order valence-corrected chi connectivity index (χ3v) is 3.86. The predicted octanol–water partition coefficient (Wildman–Crippen LogP) is 4.64. The molecular weight excluding hydrogens is 355 g/mol. The van der Waals surface area contributed by atoms with Crippen LogP contribution >= 0.6 is 39.1 Å². The van der Waals surface area contributed by atoms with Gasteiger partial charge in [0.15, 0.2) is 0 Å². The van der Waals surface area contributed by atoms with E-state index in [0.717, 1.165) is 0 Å². The van der Waals surface area contributed by atoms with Crippen LogP contribution in [0.15, 0.2) is 28.3 Å². The van der Waals surface area contributed by atoms with Gasteiger partial charge in [0.05, 0.1) is 17.2 Å². The van der Waals surface area contributed by atoms with Gasteiger partial charge < -0.3 is 9.47 Å². The maximum absolute atomic E-state index is 11.4. The summed E-state index contributed by atoms with van der Waals surface area (Å²) in [5, 5.41) is 0.952. The molecule has 0 bridgehead atoms. The van der Waals surface area contributed by atoms with Gasteiger partial charge in [0.1, 0.15) is 12.4 Å². The van der Waals surface area contributed by atoms with Gasteiger partial charge >= 0.3 is 5.97 Å². The number of hydrogen-bond donors (Lipinski definition) is 0. The minimum Gasteiger partial charge on any atom is -0.488 e. The smallest absolute Gasteiger partial charge is 0.333 e. The van der Waals surface area contributed by atoms with Crippen LogP contribution in [0.25, 0.3) is 0 Å². The van der Waals surface area contributed by atoms with Crippen LogP contribution in [-0.4, -0.2) is 19.7 Å². The SMILES string of the molecule is CC/C(=C/COc1cc(Cl)c(Br)cc1Cl)C(=O)OC. The summed E-state index contributed by atoms with van der Waals surface area (Å²) in [5.41, 5.74) is 0.557. The number of hydrogen-bond acceptors (Lipinski definition) is 3. The molecule has 0 spiro atoms. The van der Waals surface area contributed by atoms with Gasteiger partial charge in [-0.1, -0.05) is 30.1 Å². The summed E-state index contributed by atoms with van der Waals surface area (Å²) in [5.74, 6) is 0.109. The minimum absolute atomic E-state index is 0.218. The second-order valence-electron chi connectivity index (χ2n) is 3.58. The molecule has 0 atom stereocenters. The first-order valence-corrected chi connectivity index (χ1v) is 7.09. The molecule has 0 aliphatic carbocycles. The molecule has 19 heavy (non-hydrogen) atoms. The monoisotopic (exact) mass is 366 g/mol. The molecule has 0 heterocycles. The summed E-state index contributed by atoms with van der Waals surface area (Å²) in [7, 11) is 1.35. The third-order valence-electron chi connectivity index (χ3n) is 2.37. The molecule has 1 aromatic carbocycles. The van der Waals surface area contributed by atoms with E-state index >= 15 is 0 Å². The quantitative estimate of drug-likeness (QED) is 0.432. The van der Waals surface area contributed by atoms with Gasteiger partial charge in [-0.15, -0.1) is 0 Å². The van der Waals surface area contributed by atoms with Gasteiger partial charge in [0.25, 0.3) is 0 Å². The Labute approximate surface area is 130 Å². The van der Waals surface area contributed by atoms with E-state index in [1.54, 1.807) is 18.2 Å². The molecule has 0 saturated carbocycles. The molecule has 1 aromatic rings. The van der Waals surface area contributed by atoms with E-state index in [1.807, 2.05) is 6.92 Å². The topological polar surface area (TPSA) is 35.5 Å². The first-order valence-electron chi connectivity index (χ1n) is 5.54. The van der Waals surface area contributed by atoms with Crippen LogP contribution in [0.4, 0.5) is 0 Å². The van der Waals surface area contributed by atoms with Crippen LogP contribution in [0.3, 0.4) is 0 Å². The summed E-state index contributed by atoms with van der Waals surface area (Å²) in [6, 6.07) is 3.27. The summed E-state index contributed by atoms with van der Waals surface area (Å²) in [6.45, 7) is 2.09. The Morgan fingerprint density at radius 3 is 2.63 bits per heavy atom. The van der Waals surface area contributed by atoms with Gasteiger partial charge in [-0.25, -0.2) is 4.79 Å². The van der Waals surface area contributed by atoms with Crippen molar-refractivity contribution in [3.63, 3.8) is 0 Å². The highest BCUT2D eigenvalue weighted by atomic mass is 79.9. The van der Waals surface area contributed by atoms with Gasteiger partial charge in [0.2, 0.25) is 0 Å². The molecule has 0 saturated heterocycles. The molecular formula is C13H13BrCl2O3. The van der Waals surface area contributed by atoms with Crippen molar-refractivity contribution >= 4 is 45.1 Å². The summed E-state index contributed by atoms with van der Waals surface area (Å²) >= 11 is 15.2. The van der Waals surface area contributed by atoms with Crippen LogP contribution in [0.5, 0.6) is 5.75 Å². The lowest BCUT2D eigenvalue weighted by molar-refractivity contribution is -0.136. The number of benzene rings is 1. The van der Waals surface area contributed by atoms with Crippen LogP contribution in [0.2, 0.25) is 10.0 Å². The number of methoxy groups -OCH3 is 1. The second-order valence-corrected chi connectivity index (χ2v) is 5.25. The normalized spacial score (nSPS) is 11.3. The van der Waals surface area contributed by atoms with Crippen molar-refractivity contribution in [3.05, 3.63) is 38.3 Å². The molecule has 0 unspecified atom stereocenters. The van der Waals surface area contributed by atoms with Gasteiger partial charge in [-0.05, 0) is 34.5 Å². The number of carbonyl (C=O) groups excluding carboxylic acids is 1. The van der Waals surface area contributed by atoms with Gasteiger partial charge in [-0.3, -0.25) is 0 Å². The molecule has 0 N–H and O–H groups in total. The fourth-order valence-electron chi connectivity index (χ4n) is 1.35. The Hall–Kier alpha value is -0.710. The molecule has 0 aliphatic rings. The largest absolute Gasteiger partial charge is 0.488 e. The fraction of sp³-hybridized carbons (Fsp3) is 0.308. The molecule has 0 aliphatic heterocycles. The maximum Gasteiger partial charge on any atom is 0.333 e. The zero-order valence-corrected chi connectivity index (χ0v) is 13.6. The van der Waals surface area contributed by atoms with Crippen molar-refractivity contribution < 1.29 is 14.3 Å². The van der Waals surface area contributed by atoms with Crippen LogP contribution < -0.4 is 4.74 Å². The standard InChI is InChI=1S/C13H13BrCl2O3/c1-3-8(13(17)18-2)4-5-19-12-7-10(15)9(14)6-11(12)16/h4,6-7H,3,5H2,1-2H3/b8-4-. The van der Waals surface area contributed by atoms with Crippen molar-refractivity contribution in [1.29, 1.82) is 0 Å². The van der Waals surface area contributed by atoms with E-state index in [0.29, 0.717) is 32.3 Å². The molecule has 1 rings (SSSR count). The summed E-state index contributed by atoms with van der Waals surface area (Å²) in [6.07, 6.45) is 2.24. The van der Waals surface area contributed by atoms with Crippen molar-refractivity contribution in [2.75, 3.05) is 13.7 Å². The van der Waals surface area contributed by atoms with E-state index in [2.05, 4.69) is 20.7 Å². The van der Waals surface area contributed by atoms with Gasteiger partial charge in [0, 0.05) is 16.1 Å². The van der Waals surface area contributed by atoms with E-state index < -0.39 is 0 Å². The minimum atomic E-state index is -0.356.